The van der Waals surface area contributed by atoms with Crippen molar-refractivity contribution in [3.05, 3.63) is 66.0 Å². The number of rotatable bonds is 9. The third-order valence-corrected chi connectivity index (χ3v) is 5.63. The first-order valence-electron chi connectivity index (χ1n) is 11.4. The summed E-state index contributed by atoms with van der Waals surface area (Å²) in [7, 11) is 0. The summed E-state index contributed by atoms with van der Waals surface area (Å²) in [5.74, 6) is 0.708. The van der Waals surface area contributed by atoms with Gasteiger partial charge in [0, 0.05) is 18.5 Å². The number of hydrogen-bond donors (Lipinski definition) is 1. The number of nitrogens with one attached hydrogen (secondary N) is 1. The molecule has 0 aliphatic carbocycles. The van der Waals surface area contributed by atoms with Gasteiger partial charge in [-0.25, -0.2) is 4.98 Å². The monoisotopic (exact) mass is 434 g/mol. The number of aryl methyl sites for hydroxylation is 1. The molecule has 3 rings (SSSR count). The summed E-state index contributed by atoms with van der Waals surface area (Å²) in [6.45, 7) is 10.2. The van der Waals surface area contributed by atoms with Crippen LogP contribution in [0.15, 0.2) is 54.6 Å². The van der Waals surface area contributed by atoms with E-state index < -0.39 is 0 Å². The first kappa shape index (κ1) is 23.5. The zero-order chi connectivity index (χ0) is 23.3. The number of imidazole rings is 1. The number of carbonyl (C=O) groups is 2. The van der Waals surface area contributed by atoms with Gasteiger partial charge in [0.05, 0.1) is 17.1 Å². The Kier molecular flexibility index (Phi) is 7.67. The van der Waals surface area contributed by atoms with E-state index in [2.05, 4.69) is 5.32 Å². The molecule has 1 N–H and O–H groups in total. The second kappa shape index (κ2) is 10.4. The molecule has 170 valence electrons. The van der Waals surface area contributed by atoms with E-state index in [1.807, 2.05) is 98.7 Å². The molecule has 0 saturated heterocycles. The number of amides is 2. The van der Waals surface area contributed by atoms with Gasteiger partial charge in [-0.05, 0) is 58.7 Å². The van der Waals surface area contributed by atoms with E-state index in [9.17, 15) is 9.59 Å². The van der Waals surface area contributed by atoms with Crippen molar-refractivity contribution in [2.24, 2.45) is 0 Å². The Hall–Kier alpha value is -3.15. The topological polar surface area (TPSA) is 67.2 Å². The minimum atomic E-state index is -0.315. The van der Waals surface area contributed by atoms with Crippen molar-refractivity contribution in [1.29, 1.82) is 0 Å². The van der Waals surface area contributed by atoms with Gasteiger partial charge in [-0.1, -0.05) is 42.5 Å². The smallest absolute Gasteiger partial charge is 0.243 e. The molecule has 6 nitrogen and oxygen atoms in total. The molecule has 0 saturated carbocycles. The van der Waals surface area contributed by atoms with Crippen LogP contribution in [-0.2, 0) is 22.6 Å². The summed E-state index contributed by atoms with van der Waals surface area (Å²) in [6.07, 6.45) is 1.09. The van der Waals surface area contributed by atoms with Crippen LogP contribution in [0.2, 0.25) is 0 Å². The van der Waals surface area contributed by atoms with E-state index in [0.29, 0.717) is 18.7 Å². The van der Waals surface area contributed by atoms with Gasteiger partial charge in [0.15, 0.2) is 0 Å². The third-order valence-electron chi connectivity index (χ3n) is 5.63. The Morgan fingerprint density at radius 2 is 1.56 bits per heavy atom. The first-order chi connectivity index (χ1) is 15.3. The largest absolute Gasteiger partial charge is 0.346 e. The molecule has 2 aromatic carbocycles. The molecule has 3 aromatic rings. The van der Waals surface area contributed by atoms with Crippen LogP contribution in [0.5, 0.6) is 0 Å². The second-order valence-electron chi connectivity index (χ2n) is 8.81. The van der Waals surface area contributed by atoms with Gasteiger partial charge in [-0.2, -0.15) is 0 Å². The normalized spacial score (nSPS) is 12.3. The van der Waals surface area contributed by atoms with Gasteiger partial charge in [-0.3, -0.25) is 9.59 Å². The summed E-state index contributed by atoms with van der Waals surface area (Å²) in [5, 5.41) is 3.07. The van der Waals surface area contributed by atoms with Gasteiger partial charge in [0.1, 0.15) is 12.4 Å². The number of fused-ring (bicyclic) bond motifs is 1. The minimum Gasteiger partial charge on any atom is -0.346 e. The van der Waals surface area contributed by atoms with Crippen molar-refractivity contribution in [2.75, 3.05) is 0 Å². The van der Waals surface area contributed by atoms with Crippen LogP contribution < -0.4 is 5.32 Å². The SMILES string of the molecule is CC(NC(=O)CCc1ccccc1)c1nc2ccccc2n1CC(=O)N(C(C)C)C(C)C. The van der Waals surface area contributed by atoms with E-state index in [0.717, 1.165) is 16.6 Å². The molecule has 0 spiro atoms. The van der Waals surface area contributed by atoms with Gasteiger partial charge < -0.3 is 14.8 Å². The van der Waals surface area contributed by atoms with Gasteiger partial charge >= 0.3 is 0 Å². The highest BCUT2D eigenvalue weighted by Gasteiger charge is 2.24. The van der Waals surface area contributed by atoms with Crippen molar-refractivity contribution >= 4 is 22.8 Å². The fourth-order valence-corrected chi connectivity index (χ4v) is 4.26. The molecule has 32 heavy (non-hydrogen) atoms. The predicted octanol–water partition coefficient (Wildman–Crippen LogP) is 4.49. The van der Waals surface area contributed by atoms with E-state index in [-0.39, 0.29) is 36.5 Å². The van der Waals surface area contributed by atoms with Gasteiger partial charge in [0.2, 0.25) is 11.8 Å². The summed E-state index contributed by atoms with van der Waals surface area (Å²) in [5.41, 5.74) is 2.85. The maximum atomic E-state index is 13.2. The zero-order valence-corrected chi connectivity index (χ0v) is 19.7. The number of nitrogens with zero attached hydrogens (tertiary/aromatic N) is 3. The summed E-state index contributed by atoms with van der Waals surface area (Å²) in [6, 6.07) is 17.7. The predicted molar refractivity (Wildman–Crippen MR) is 128 cm³/mol. The number of aromatic nitrogens is 2. The number of carbonyl (C=O) groups excluding carboxylic acids is 2. The lowest BCUT2D eigenvalue weighted by molar-refractivity contribution is -0.135. The van der Waals surface area contributed by atoms with Crippen LogP contribution in [0, 0.1) is 0 Å². The highest BCUT2D eigenvalue weighted by Crippen LogP contribution is 2.22. The molecule has 0 radical (unpaired) electrons. The van der Waals surface area contributed by atoms with Crippen molar-refractivity contribution in [3.63, 3.8) is 0 Å². The molecule has 2 amide bonds. The fourth-order valence-electron chi connectivity index (χ4n) is 4.26. The van der Waals surface area contributed by atoms with Crippen molar-refractivity contribution < 1.29 is 9.59 Å². The maximum Gasteiger partial charge on any atom is 0.243 e. The van der Waals surface area contributed by atoms with Crippen LogP contribution in [0.1, 0.15) is 58.5 Å². The van der Waals surface area contributed by atoms with Gasteiger partial charge in [0.25, 0.3) is 0 Å². The molecular weight excluding hydrogens is 400 g/mol. The number of benzene rings is 2. The summed E-state index contributed by atoms with van der Waals surface area (Å²) < 4.78 is 1.94. The quantitative estimate of drug-likeness (QED) is 0.539. The molecule has 1 unspecified atom stereocenters. The Labute approximate surface area is 190 Å². The van der Waals surface area contributed by atoms with Crippen LogP contribution in [0.25, 0.3) is 11.0 Å². The molecule has 6 heteroatoms. The average Bonchev–Trinajstić information content (AvgIpc) is 3.11. The number of hydrogen-bond acceptors (Lipinski definition) is 3. The van der Waals surface area contributed by atoms with Crippen LogP contribution >= 0.6 is 0 Å². The van der Waals surface area contributed by atoms with E-state index >= 15 is 0 Å². The molecular formula is C26H34N4O2. The molecule has 0 fully saturated rings. The minimum absolute atomic E-state index is 0.0303. The fraction of sp³-hybridized carbons (Fsp3) is 0.423. The Bertz CT molecular complexity index is 1050. The van der Waals surface area contributed by atoms with E-state index in [1.165, 1.54) is 0 Å². The Balaban J connectivity index is 1.79. The standard InChI is InChI=1S/C26H34N4O2/c1-18(2)30(19(3)4)25(32)17-29-23-14-10-9-13-22(23)28-26(29)20(5)27-24(31)16-15-21-11-7-6-8-12-21/h6-14,18-20H,15-17H2,1-5H3,(H,27,31). The number of para-hydroxylation sites is 2. The van der Waals surface area contributed by atoms with E-state index in [4.69, 9.17) is 4.98 Å². The van der Waals surface area contributed by atoms with Crippen LogP contribution in [0.4, 0.5) is 0 Å². The highest BCUT2D eigenvalue weighted by atomic mass is 16.2. The zero-order valence-electron chi connectivity index (χ0n) is 19.7. The van der Waals surface area contributed by atoms with E-state index in [1.54, 1.807) is 0 Å². The second-order valence-corrected chi connectivity index (χ2v) is 8.81. The molecule has 1 atom stereocenters. The van der Waals surface area contributed by atoms with Crippen molar-refractivity contribution in [1.82, 2.24) is 19.8 Å². The average molecular weight is 435 g/mol. The third kappa shape index (κ3) is 5.55. The summed E-state index contributed by atoms with van der Waals surface area (Å²) >= 11 is 0. The maximum absolute atomic E-state index is 13.2. The summed E-state index contributed by atoms with van der Waals surface area (Å²) in [4.78, 5) is 32.4. The van der Waals surface area contributed by atoms with Crippen molar-refractivity contribution in [2.45, 2.75) is 72.1 Å². The lowest BCUT2D eigenvalue weighted by atomic mass is 10.1. The lowest BCUT2D eigenvalue weighted by Crippen LogP contribution is -2.44. The van der Waals surface area contributed by atoms with Crippen molar-refractivity contribution in [3.8, 4) is 0 Å². The molecule has 1 aromatic heterocycles. The lowest BCUT2D eigenvalue weighted by Gasteiger charge is -2.31. The molecule has 1 heterocycles. The highest BCUT2D eigenvalue weighted by molar-refractivity contribution is 5.82. The molecule has 0 bridgehead atoms. The Morgan fingerprint density at radius 3 is 2.22 bits per heavy atom. The molecule has 0 aliphatic rings. The van der Waals surface area contributed by atoms with Crippen LogP contribution in [0.3, 0.4) is 0 Å². The molecule has 0 aliphatic heterocycles. The first-order valence-corrected chi connectivity index (χ1v) is 11.4. The van der Waals surface area contributed by atoms with Crippen LogP contribution in [-0.4, -0.2) is 38.3 Å². The van der Waals surface area contributed by atoms with Gasteiger partial charge in [-0.15, -0.1) is 0 Å². The Morgan fingerprint density at radius 1 is 0.938 bits per heavy atom.